The van der Waals surface area contributed by atoms with Crippen molar-refractivity contribution < 1.29 is 0 Å². The molecule has 0 aromatic heterocycles. The van der Waals surface area contributed by atoms with Crippen molar-refractivity contribution in [3.8, 4) is 6.07 Å². The first kappa shape index (κ1) is 15.4. The van der Waals surface area contributed by atoms with E-state index in [2.05, 4.69) is 11.4 Å². The molecule has 0 saturated carbocycles. The SMILES string of the molecule is CC(C)NC(C)(C#N)CSCc1ccccc1Cl. The van der Waals surface area contributed by atoms with Crippen LogP contribution in [0.25, 0.3) is 0 Å². The molecule has 0 fully saturated rings. The van der Waals surface area contributed by atoms with E-state index in [9.17, 15) is 5.26 Å². The predicted octanol–water partition coefficient (Wildman–Crippen LogP) is 3.85. The van der Waals surface area contributed by atoms with Gasteiger partial charge in [0, 0.05) is 22.6 Å². The van der Waals surface area contributed by atoms with Crippen LogP contribution in [0.3, 0.4) is 0 Å². The van der Waals surface area contributed by atoms with E-state index in [0.29, 0.717) is 6.04 Å². The second kappa shape index (κ2) is 7.04. The van der Waals surface area contributed by atoms with Crippen molar-refractivity contribution in [1.82, 2.24) is 5.32 Å². The summed E-state index contributed by atoms with van der Waals surface area (Å²) in [7, 11) is 0. The van der Waals surface area contributed by atoms with Crippen molar-refractivity contribution in [1.29, 1.82) is 5.26 Å². The second-order valence-corrected chi connectivity index (χ2v) is 6.22. The van der Waals surface area contributed by atoms with Gasteiger partial charge in [-0.2, -0.15) is 17.0 Å². The van der Waals surface area contributed by atoms with Crippen LogP contribution in [0.1, 0.15) is 26.3 Å². The Balaban J connectivity index is 2.50. The van der Waals surface area contributed by atoms with Crippen LogP contribution in [0.5, 0.6) is 0 Å². The highest BCUT2D eigenvalue weighted by Gasteiger charge is 2.24. The first-order chi connectivity index (χ1) is 8.47. The number of hydrogen-bond acceptors (Lipinski definition) is 3. The minimum atomic E-state index is -0.486. The number of rotatable bonds is 6. The van der Waals surface area contributed by atoms with Crippen molar-refractivity contribution in [3.05, 3.63) is 34.9 Å². The van der Waals surface area contributed by atoms with Gasteiger partial charge in [-0.25, -0.2) is 0 Å². The number of nitrogens with zero attached hydrogens (tertiary/aromatic N) is 1. The lowest BCUT2D eigenvalue weighted by Gasteiger charge is -2.25. The first-order valence-electron chi connectivity index (χ1n) is 5.97. The van der Waals surface area contributed by atoms with Crippen molar-refractivity contribution >= 4 is 23.4 Å². The summed E-state index contributed by atoms with van der Waals surface area (Å²) in [5, 5.41) is 13.3. The van der Waals surface area contributed by atoms with Crippen molar-refractivity contribution in [3.63, 3.8) is 0 Å². The number of halogens is 1. The van der Waals surface area contributed by atoms with E-state index in [4.69, 9.17) is 11.6 Å². The third-order valence-electron chi connectivity index (χ3n) is 2.46. The fourth-order valence-electron chi connectivity index (χ4n) is 1.72. The molecule has 98 valence electrons. The number of hydrogen-bond donors (Lipinski definition) is 1. The Bertz CT molecular complexity index is 428. The van der Waals surface area contributed by atoms with E-state index in [1.54, 1.807) is 11.8 Å². The van der Waals surface area contributed by atoms with Crippen LogP contribution in [0.2, 0.25) is 5.02 Å². The Labute approximate surface area is 119 Å². The normalized spacial score (nSPS) is 14.2. The van der Waals surface area contributed by atoms with Gasteiger partial charge in [0.2, 0.25) is 0 Å². The largest absolute Gasteiger partial charge is 0.297 e. The van der Waals surface area contributed by atoms with Crippen LogP contribution >= 0.6 is 23.4 Å². The number of nitrogens with one attached hydrogen (secondary N) is 1. The lowest BCUT2D eigenvalue weighted by molar-refractivity contribution is 0.443. The Hall–Kier alpha value is -0.690. The van der Waals surface area contributed by atoms with Gasteiger partial charge in [0.05, 0.1) is 6.07 Å². The summed E-state index contributed by atoms with van der Waals surface area (Å²) < 4.78 is 0. The van der Waals surface area contributed by atoms with Crippen molar-refractivity contribution in [2.75, 3.05) is 5.75 Å². The average Bonchev–Trinajstić information content (AvgIpc) is 2.31. The zero-order chi connectivity index (χ0) is 13.6. The maximum absolute atomic E-state index is 9.23. The van der Waals surface area contributed by atoms with E-state index in [0.717, 1.165) is 22.1 Å². The number of benzene rings is 1. The highest BCUT2D eigenvalue weighted by atomic mass is 35.5. The Morgan fingerprint density at radius 3 is 2.67 bits per heavy atom. The molecule has 1 unspecified atom stereocenters. The van der Waals surface area contributed by atoms with Crippen LogP contribution in [-0.4, -0.2) is 17.3 Å². The molecule has 1 atom stereocenters. The molecule has 0 amide bonds. The summed E-state index contributed by atoms with van der Waals surface area (Å²) in [6.45, 7) is 6.04. The molecule has 0 saturated heterocycles. The molecular weight excluding hydrogens is 264 g/mol. The maximum atomic E-state index is 9.23. The monoisotopic (exact) mass is 282 g/mol. The predicted molar refractivity (Wildman–Crippen MR) is 79.9 cm³/mol. The highest BCUT2D eigenvalue weighted by Crippen LogP contribution is 2.23. The number of nitriles is 1. The molecular formula is C14H19ClN2S. The Morgan fingerprint density at radius 1 is 1.44 bits per heavy atom. The van der Waals surface area contributed by atoms with Gasteiger partial charge in [0.1, 0.15) is 5.54 Å². The molecule has 18 heavy (non-hydrogen) atoms. The summed E-state index contributed by atoms with van der Waals surface area (Å²) in [6.07, 6.45) is 0. The smallest absolute Gasteiger partial charge is 0.113 e. The van der Waals surface area contributed by atoms with Gasteiger partial charge in [-0.3, -0.25) is 5.32 Å². The molecule has 1 aromatic carbocycles. The van der Waals surface area contributed by atoms with Gasteiger partial charge in [0.25, 0.3) is 0 Å². The summed E-state index contributed by atoms with van der Waals surface area (Å²) >= 11 is 7.82. The number of thioether (sulfide) groups is 1. The Kier molecular flexibility index (Phi) is 6.01. The van der Waals surface area contributed by atoms with Crippen LogP contribution in [-0.2, 0) is 5.75 Å². The molecule has 0 aliphatic heterocycles. The molecule has 0 radical (unpaired) electrons. The molecule has 1 rings (SSSR count). The van der Waals surface area contributed by atoms with E-state index in [1.165, 1.54) is 0 Å². The third-order valence-corrected chi connectivity index (χ3v) is 4.13. The van der Waals surface area contributed by atoms with Gasteiger partial charge < -0.3 is 0 Å². The minimum absolute atomic E-state index is 0.301. The van der Waals surface area contributed by atoms with E-state index < -0.39 is 5.54 Å². The molecule has 2 nitrogen and oxygen atoms in total. The van der Waals surface area contributed by atoms with Gasteiger partial charge in [-0.15, -0.1) is 0 Å². The molecule has 1 aromatic rings. The lowest BCUT2D eigenvalue weighted by atomic mass is 10.1. The lowest BCUT2D eigenvalue weighted by Crippen LogP contribution is -2.47. The summed E-state index contributed by atoms with van der Waals surface area (Å²) in [5.74, 6) is 1.57. The summed E-state index contributed by atoms with van der Waals surface area (Å²) in [6, 6.07) is 10.5. The topological polar surface area (TPSA) is 35.8 Å². The van der Waals surface area contributed by atoms with Gasteiger partial charge >= 0.3 is 0 Å². The molecule has 1 N–H and O–H groups in total. The van der Waals surface area contributed by atoms with Crippen LogP contribution in [0.15, 0.2) is 24.3 Å². The van der Waals surface area contributed by atoms with Crippen molar-refractivity contribution in [2.45, 2.75) is 38.1 Å². The third kappa shape index (κ3) is 4.89. The molecule has 0 aliphatic carbocycles. The quantitative estimate of drug-likeness (QED) is 0.861. The summed E-state index contributed by atoms with van der Waals surface area (Å²) in [5.41, 5.74) is 0.633. The van der Waals surface area contributed by atoms with E-state index in [1.807, 2.05) is 45.0 Å². The van der Waals surface area contributed by atoms with Crippen molar-refractivity contribution in [2.24, 2.45) is 0 Å². The molecule has 0 heterocycles. The zero-order valence-electron chi connectivity index (χ0n) is 11.0. The molecule has 0 bridgehead atoms. The fraction of sp³-hybridized carbons (Fsp3) is 0.500. The van der Waals surface area contributed by atoms with Crippen LogP contribution < -0.4 is 5.32 Å². The standard InChI is InChI=1S/C14H19ClN2S/c1-11(2)17-14(3,9-16)10-18-8-12-6-4-5-7-13(12)15/h4-7,11,17H,8,10H2,1-3H3. The van der Waals surface area contributed by atoms with Crippen LogP contribution in [0, 0.1) is 11.3 Å². The van der Waals surface area contributed by atoms with E-state index >= 15 is 0 Å². The Morgan fingerprint density at radius 2 is 2.11 bits per heavy atom. The zero-order valence-corrected chi connectivity index (χ0v) is 12.6. The summed E-state index contributed by atoms with van der Waals surface area (Å²) in [4.78, 5) is 0. The van der Waals surface area contributed by atoms with Gasteiger partial charge in [-0.05, 0) is 32.4 Å². The van der Waals surface area contributed by atoms with Gasteiger partial charge in [0.15, 0.2) is 0 Å². The minimum Gasteiger partial charge on any atom is -0.297 e. The maximum Gasteiger partial charge on any atom is 0.113 e. The highest BCUT2D eigenvalue weighted by molar-refractivity contribution is 7.98. The first-order valence-corrected chi connectivity index (χ1v) is 7.50. The molecule has 0 aliphatic rings. The van der Waals surface area contributed by atoms with Crippen LogP contribution in [0.4, 0.5) is 0 Å². The average molecular weight is 283 g/mol. The van der Waals surface area contributed by atoms with E-state index in [-0.39, 0.29) is 0 Å². The molecule has 0 spiro atoms. The van der Waals surface area contributed by atoms with Gasteiger partial charge in [-0.1, -0.05) is 29.8 Å². The fourth-order valence-corrected chi connectivity index (χ4v) is 3.14. The second-order valence-electron chi connectivity index (χ2n) is 4.83. The molecule has 4 heteroatoms.